The molecule has 0 aliphatic carbocycles. The lowest BCUT2D eigenvalue weighted by molar-refractivity contribution is -0.114. The van der Waals surface area contributed by atoms with E-state index in [1.807, 2.05) is 30.5 Å². The van der Waals surface area contributed by atoms with E-state index in [-0.39, 0.29) is 11.8 Å². The second-order valence-electron chi connectivity index (χ2n) is 4.73. The van der Waals surface area contributed by atoms with Gasteiger partial charge in [-0.15, -0.1) is 11.3 Å². The average molecular weight is 312 g/mol. The third-order valence-electron chi connectivity index (χ3n) is 2.73. The van der Waals surface area contributed by atoms with Gasteiger partial charge >= 0.3 is 0 Å². The van der Waals surface area contributed by atoms with E-state index in [1.165, 1.54) is 18.3 Å². The zero-order chi connectivity index (χ0) is 15.9. The van der Waals surface area contributed by atoms with Crippen LogP contribution in [0, 0.1) is 18.8 Å². The molecule has 0 aliphatic heterocycles. The summed E-state index contributed by atoms with van der Waals surface area (Å²) in [6.45, 7) is 3.71. The number of nitrogens with one attached hydrogen (secondary N) is 2. The second-order valence-corrected chi connectivity index (χ2v) is 5.64. The van der Waals surface area contributed by atoms with Gasteiger partial charge in [-0.2, -0.15) is 0 Å². The lowest BCUT2D eigenvalue weighted by atomic mass is 10.2. The van der Waals surface area contributed by atoms with Crippen LogP contribution in [-0.2, 0) is 4.79 Å². The monoisotopic (exact) mass is 312 g/mol. The molecule has 2 rings (SSSR count). The summed E-state index contributed by atoms with van der Waals surface area (Å²) in [5, 5.41) is 7.39. The van der Waals surface area contributed by atoms with Gasteiger partial charge in [0.25, 0.3) is 5.91 Å². The summed E-state index contributed by atoms with van der Waals surface area (Å²) < 4.78 is 0. The lowest BCUT2D eigenvalue weighted by Crippen LogP contribution is -2.22. The minimum Gasteiger partial charge on any atom is -0.340 e. The van der Waals surface area contributed by atoms with E-state index in [2.05, 4.69) is 22.5 Å². The Hall–Kier alpha value is -2.58. The van der Waals surface area contributed by atoms with Crippen molar-refractivity contribution in [2.75, 3.05) is 11.9 Å². The molecular formula is C17H16N2O2S. The van der Waals surface area contributed by atoms with Gasteiger partial charge in [0, 0.05) is 18.2 Å². The van der Waals surface area contributed by atoms with Gasteiger partial charge in [-0.3, -0.25) is 9.59 Å². The lowest BCUT2D eigenvalue weighted by Gasteiger charge is -2.00. The fourth-order valence-corrected chi connectivity index (χ4v) is 2.56. The molecule has 0 atom stereocenters. The third kappa shape index (κ3) is 4.76. The summed E-state index contributed by atoms with van der Waals surface area (Å²) in [6.07, 6.45) is 0. The highest BCUT2D eigenvalue weighted by atomic mass is 32.1. The van der Waals surface area contributed by atoms with Crippen LogP contribution in [0.1, 0.15) is 27.7 Å². The molecule has 0 bridgehead atoms. The number of carbonyl (C=O) groups excluding carboxylic acids is 2. The summed E-state index contributed by atoms with van der Waals surface area (Å²) in [6, 6.07) is 9.08. The van der Waals surface area contributed by atoms with E-state index >= 15 is 0 Å². The van der Waals surface area contributed by atoms with E-state index in [9.17, 15) is 9.59 Å². The fourth-order valence-electron chi connectivity index (χ4n) is 1.75. The highest BCUT2D eigenvalue weighted by Crippen LogP contribution is 2.13. The number of rotatable bonds is 3. The van der Waals surface area contributed by atoms with E-state index in [0.29, 0.717) is 11.4 Å². The molecule has 0 fully saturated rings. The molecule has 0 aliphatic rings. The molecule has 1 heterocycles. The number of aryl methyl sites for hydroxylation is 1. The Morgan fingerprint density at radius 3 is 2.55 bits per heavy atom. The van der Waals surface area contributed by atoms with E-state index in [1.54, 1.807) is 12.1 Å². The number of carbonyl (C=O) groups is 2. The normalized spacial score (nSPS) is 9.55. The first kappa shape index (κ1) is 15.8. The van der Waals surface area contributed by atoms with Crippen molar-refractivity contribution in [3.63, 3.8) is 0 Å². The molecule has 0 saturated carbocycles. The number of amides is 2. The zero-order valence-corrected chi connectivity index (χ0v) is 13.2. The molecule has 2 N–H and O–H groups in total. The van der Waals surface area contributed by atoms with Gasteiger partial charge < -0.3 is 10.6 Å². The van der Waals surface area contributed by atoms with E-state index in [4.69, 9.17) is 0 Å². The van der Waals surface area contributed by atoms with Gasteiger partial charge in [-0.1, -0.05) is 11.8 Å². The number of anilines is 1. The van der Waals surface area contributed by atoms with Gasteiger partial charge in [-0.05, 0) is 48.2 Å². The molecular weight excluding hydrogens is 296 g/mol. The maximum atomic E-state index is 11.8. The minimum absolute atomic E-state index is 0.103. The Morgan fingerprint density at radius 1 is 1.23 bits per heavy atom. The van der Waals surface area contributed by atoms with Crippen LogP contribution in [-0.4, -0.2) is 18.4 Å². The molecule has 5 heteroatoms. The highest BCUT2D eigenvalue weighted by molar-refractivity contribution is 7.12. The molecule has 0 unspecified atom stereocenters. The predicted molar refractivity (Wildman–Crippen MR) is 89.0 cm³/mol. The third-order valence-corrected chi connectivity index (χ3v) is 3.78. The molecule has 1 aromatic carbocycles. The van der Waals surface area contributed by atoms with Crippen molar-refractivity contribution in [2.24, 2.45) is 0 Å². The quantitative estimate of drug-likeness (QED) is 0.856. The second kappa shape index (κ2) is 7.43. The Labute approximate surface area is 133 Å². The molecule has 2 amide bonds. The van der Waals surface area contributed by atoms with Crippen LogP contribution in [0.25, 0.3) is 0 Å². The smallest absolute Gasteiger partial charge is 0.262 e. The van der Waals surface area contributed by atoms with Crippen LogP contribution in [0.3, 0.4) is 0 Å². The van der Waals surface area contributed by atoms with Crippen molar-refractivity contribution in [3.8, 4) is 11.8 Å². The van der Waals surface area contributed by atoms with Gasteiger partial charge in [0.2, 0.25) is 5.91 Å². The van der Waals surface area contributed by atoms with Crippen molar-refractivity contribution in [3.05, 3.63) is 51.7 Å². The molecule has 112 valence electrons. The van der Waals surface area contributed by atoms with Crippen LogP contribution in [0.5, 0.6) is 0 Å². The van der Waals surface area contributed by atoms with Gasteiger partial charge in [0.15, 0.2) is 0 Å². The average Bonchev–Trinajstić information content (AvgIpc) is 2.91. The topological polar surface area (TPSA) is 58.2 Å². The van der Waals surface area contributed by atoms with Gasteiger partial charge in [0.05, 0.1) is 11.4 Å². The Morgan fingerprint density at radius 2 is 1.95 bits per heavy atom. The first-order valence-corrected chi connectivity index (χ1v) is 7.62. The maximum Gasteiger partial charge on any atom is 0.262 e. The molecule has 22 heavy (non-hydrogen) atoms. The van der Waals surface area contributed by atoms with E-state index in [0.717, 1.165) is 16.8 Å². The van der Waals surface area contributed by atoms with Crippen molar-refractivity contribution in [2.45, 2.75) is 13.8 Å². The van der Waals surface area contributed by atoms with Crippen molar-refractivity contribution in [1.82, 2.24) is 5.32 Å². The standard InChI is InChI=1S/C17H16N2O2S/c1-12-10-16(22-11-12)17(21)18-9-3-4-14-5-7-15(8-6-14)19-13(2)20/h5-8,10-11H,9H2,1-2H3,(H,18,21)(H,19,20). The molecule has 0 spiro atoms. The molecule has 4 nitrogen and oxygen atoms in total. The summed E-state index contributed by atoms with van der Waals surface area (Å²) in [7, 11) is 0. The van der Waals surface area contributed by atoms with Crippen molar-refractivity contribution in [1.29, 1.82) is 0 Å². The predicted octanol–water partition coefficient (Wildman–Crippen LogP) is 2.80. The minimum atomic E-state index is -0.106. The number of hydrogen-bond donors (Lipinski definition) is 2. The highest BCUT2D eigenvalue weighted by Gasteiger charge is 2.05. The first-order chi connectivity index (χ1) is 10.5. The number of benzene rings is 1. The molecule has 1 aromatic heterocycles. The maximum absolute atomic E-state index is 11.8. The van der Waals surface area contributed by atoms with Crippen LogP contribution in [0.15, 0.2) is 35.7 Å². The van der Waals surface area contributed by atoms with Crippen LogP contribution in [0.2, 0.25) is 0 Å². The van der Waals surface area contributed by atoms with Crippen LogP contribution < -0.4 is 10.6 Å². The van der Waals surface area contributed by atoms with Gasteiger partial charge in [-0.25, -0.2) is 0 Å². The van der Waals surface area contributed by atoms with Crippen molar-refractivity contribution < 1.29 is 9.59 Å². The van der Waals surface area contributed by atoms with E-state index < -0.39 is 0 Å². The Kier molecular flexibility index (Phi) is 5.34. The molecule has 2 aromatic rings. The Bertz CT molecular complexity index is 736. The molecule has 0 saturated heterocycles. The van der Waals surface area contributed by atoms with Crippen LogP contribution >= 0.6 is 11.3 Å². The molecule has 0 radical (unpaired) electrons. The largest absolute Gasteiger partial charge is 0.340 e. The van der Waals surface area contributed by atoms with Crippen molar-refractivity contribution >= 4 is 28.8 Å². The van der Waals surface area contributed by atoms with Gasteiger partial charge in [0.1, 0.15) is 0 Å². The SMILES string of the molecule is CC(=O)Nc1ccc(C#CCNC(=O)c2cc(C)cs2)cc1. The summed E-state index contributed by atoms with van der Waals surface area (Å²) in [5.41, 5.74) is 2.65. The number of hydrogen-bond acceptors (Lipinski definition) is 3. The fraction of sp³-hybridized carbons (Fsp3) is 0.176. The Balaban J connectivity index is 1.86. The summed E-state index contributed by atoms with van der Waals surface area (Å²) in [5.74, 6) is 5.66. The summed E-state index contributed by atoms with van der Waals surface area (Å²) in [4.78, 5) is 23.4. The zero-order valence-electron chi connectivity index (χ0n) is 12.4. The summed E-state index contributed by atoms with van der Waals surface area (Å²) >= 11 is 1.42. The van der Waals surface area contributed by atoms with Crippen LogP contribution in [0.4, 0.5) is 5.69 Å². The first-order valence-electron chi connectivity index (χ1n) is 6.74. The number of thiophene rings is 1.